The van der Waals surface area contributed by atoms with Gasteiger partial charge in [0.05, 0.1) is 11.7 Å². The van der Waals surface area contributed by atoms with E-state index in [2.05, 4.69) is 45.9 Å². The smallest absolute Gasteiger partial charge is 0.371 e. The maximum Gasteiger partial charge on any atom is 1.00 e. The van der Waals surface area contributed by atoms with E-state index in [0.717, 1.165) is 12.8 Å². The second-order valence-corrected chi connectivity index (χ2v) is 5.45. The van der Waals surface area contributed by atoms with E-state index in [9.17, 15) is 0 Å². The van der Waals surface area contributed by atoms with Crippen LogP contribution >= 0.6 is 0 Å². The molecule has 0 saturated heterocycles. The average molecular weight is 228 g/mol. The summed E-state index contributed by atoms with van der Waals surface area (Å²) in [6.45, 7) is 8.61. The van der Waals surface area contributed by atoms with Crippen molar-refractivity contribution in [3.63, 3.8) is 0 Å². The van der Waals surface area contributed by atoms with Crippen LogP contribution in [0.15, 0.2) is 17.7 Å². The Labute approximate surface area is 119 Å². The first kappa shape index (κ1) is 17.0. The first-order chi connectivity index (χ1) is 7.53. The molecule has 1 rings (SSSR count). The molecule has 1 nitrogen and oxygen atoms in total. The topological polar surface area (TPSA) is 9.23 Å². The molecule has 0 saturated carbocycles. The van der Waals surface area contributed by atoms with Crippen molar-refractivity contribution in [1.82, 2.24) is 0 Å². The molecule has 1 unspecified atom stereocenters. The van der Waals surface area contributed by atoms with Crippen LogP contribution in [0.3, 0.4) is 0 Å². The molecular formula is C15H25LiO. The molecule has 1 aliphatic carbocycles. The van der Waals surface area contributed by atoms with Crippen molar-refractivity contribution in [3.05, 3.63) is 23.8 Å². The van der Waals surface area contributed by atoms with Crippen LogP contribution in [0.25, 0.3) is 0 Å². The van der Waals surface area contributed by atoms with Gasteiger partial charge < -0.3 is 4.74 Å². The third-order valence-corrected chi connectivity index (χ3v) is 2.63. The third-order valence-electron chi connectivity index (χ3n) is 2.63. The summed E-state index contributed by atoms with van der Waals surface area (Å²) in [4.78, 5) is 0. The SMILES string of the molecule is CCCCCC(OC(C)(C)C)C1=[C-]CC=C1.[Li+]. The van der Waals surface area contributed by atoms with E-state index in [1.54, 1.807) is 0 Å². The molecule has 0 aromatic rings. The molecule has 0 radical (unpaired) electrons. The van der Waals surface area contributed by atoms with Crippen molar-refractivity contribution in [2.24, 2.45) is 0 Å². The Morgan fingerprint density at radius 3 is 2.53 bits per heavy atom. The van der Waals surface area contributed by atoms with Crippen LogP contribution in [-0.2, 0) is 4.74 Å². The summed E-state index contributed by atoms with van der Waals surface area (Å²) in [6.07, 6.45) is 13.8. The number of ether oxygens (including phenoxy) is 1. The average Bonchev–Trinajstić information content (AvgIpc) is 2.67. The second-order valence-electron chi connectivity index (χ2n) is 5.45. The number of rotatable bonds is 6. The van der Waals surface area contributed by atoms with Gasteiger partial charge in [0.25, 0.3) is 0 Å². The Morgan fingerprint density at radius 1 is 1.35 bits per heavy atom. The summed E-state index contributed by atoms with van der Waals surface area (Å²) < 4.78 is 6.12. The third kappa shape index (κ3) is 7.14. The van der Waals surface area contributed by atoms with Crippen molar-refractivity contribution in [1.29, 1.82) is 0 Å². The van der Waals surface area contributed by atoms with E-state index in [4.69, 9.17) is 4.74 Å². The molecule has 0 bridgehead atoms. The summed E-state index contributed by atoms with van der Waals surface area (Å²) in [6, 6.07) is 0. The molecule has 0 aromatic heterocycles. The van der Waals surface area contributed by atoms with Gasteiger partial charge in [-0.3, -0.25) is 6.08 Å². The van der Waals surface area contributed by atoms with Gasteiger partial charge in [-0.1, -0.05) is 26.2 Å². The molecule has 1 atom stereocenters. The zero-order valence-corrected chi connectivity index (χ0v) is 12.2. The number of hydrogen-bond donors (Lipinski definition) is 0. The van der Waals surface area contributed by atoms with Crippen LogP contribution in [0.1, 0.15) is 59.8 Å². The largest absolute Gasteiger partial charge is 1.00 e. The van der Waals surface area contributed by atoms with Crippen LogP contribution in [0.4, 0.5) is 0 Å². The van der Waals surface area contributed by atoms with E-state index < -0.39 is 0 Å². The van der Waals surface area contributed by atoms with E-state index in [1.807, 2.05) is 0 Å². The zero-order valence-electron chi connectivity index (χ0n) is 12.2. The summed E-state index contributed by atoms with van der Waals surface area (Å²) in [5.41, 5.74) is 1.19. The molecule has 92 valence electrons. The molecule has 1 aliphatic rings. The number of allylic oxidation sites excluding steroid dienone is 2. The standard InChI is InChI=1S/C15H25O.Li/c1-5-6-7-12-14(16-15(2,3)4)13-10-8-9-11-13;/h8,10,14H,5-7,9,12H2,1-4H3;/q-1;+1. The molecule has 0 aliphatic heterocycles. The van der Waals surface area contributed by atoms with Gasteiger partial charge in [-0.15, -0.1) is 6.42 Å². The normalized spacial score (nSPS) is 16.6. The van der Waals surface area contributed by atoms with Crippen LogP contribution in [0.2, 0.25) is 0 Å². The molecule has 0 N–H and O–H groups in total. The van der Waals surface area contributed by atoms with Gasteiger partial charge in [0.1, 0.15) is 0 Å². The Balaban J connectivity index is 0.00000256. The molecule has 17 heavy (non-hydrogen) atoms. The number of unbranched alkanes of at least 4 members (excludes halogenated alkanes) is 2. The first-order valence-corrected chi connectivity index (χ1v) is 6.48. The van der Waals surface area contributed by atoms with E-state index in [0.29, 0.717) is 0 Å². The van der Waals surface area contributed by atoms with Crippen LogP contribution in [0.5, 0.6) is 0 Å². The first-order valence-electron chi connectivity index (χ1n) is 6.48. The fourth-order valence-electron chi connectivity index (χ4n) is 1.93. The molecule has 0 aromatic carbocycles. The molecular weight excluding hydrogens is 203 g/mol. The van der Waals surface area contributed by atoms with Gasteiger partial charge in [0.2, 0.25) is 0 Å². The summed E-state index contributed by atoms with van der Waals surface area (Å²) in [5.74, 6) is 0. The van der Waals surface area contributed by atoms with E-state index in [-0.39, 0.29) is 30.6 Å². The monoisotopic (exact) mass is 228 g/mol. The van der Waals surface area contributed by atoms with Crippen molar-refractivity contribution in [2.75, 3.05) is 0 Å². The van der Waals surface area contributed by atoms with Gasteiger partial charge in [0, 0.05) is 0 Å². The van der Waals surface area contributed by atoms with Crippen LogP contribution in [-0.4, -0.2) is 11.7 Å². The van der Waals surface area contributed by atoms with Crippen molar-refractivity contribution in [3.8, 4) is 0 Å². The van der Waals surface area contributed by atoms with Crippen LogP contribution < -0.4 is 18.9 Å². The van der Waals surface area contributed by atoms with Gasteiger partial charge in [-0.2, -0.15) is 11.6 Å². The van der Waals surface area contributed by atoms with Crippen LogP contribution in [0, 0.1) is 6.08 Å². The molecule has 0 fully saturated rings. The Kier molecular flexibility index (Phi) is 8.21. The summed E-state index contributed by atoms with van der Waals surface area (Å²) in [7, 11) is 0. The fourth-order valence-corrected chi connectivity index (χ4v) is 1.93. The van der Waals surface area contributed by atoms with E-state index >= 15 is 0 Å². The molecule has 2 heteroatoms. The second kappa shape index (κ2) is 8.19. The maximum absolute atomic E-state index is 6.12. The zero-order chi connectivity index (χ0) is 12.0. The van der Waals surface area contributed by atoms with Gasteiger partial charge >= 0.3 is 18.9 Å². The molecule has 0 spiro atoms. The van der Waals surface area contributed by atoms with E-state index in [1.165, 1.54) is 24.8 Å². The Hall–Kier alpha value is 0.0374. The predicted octanol–water partition coefficient (Wildman–Crippen LogP) is 1.44. The predicted molar refractivity (Wildman–Crippen MR) is 69.3 cm³/mol. The quantitative estimate of drug-likeness (QED) is 0.380. The van der Waals surface area contributed by atoms with Gasteiger partial charge in [0.15, 0.2) is 0 Å². The fraction of sp³-hybridized carbons (Fsp3) is 0.733. The Morgan fingerprint density at radius 2 is 2.06 bits per heavy atom. The summed E-state index contributed by atoms with van der Waals surface area (Å²) in [5, 5.41) is 0. The summed E-state index contributed by atoms with van der Waals surface area (Å²) >= 11 is 0. The number of hydrogen-bond acceptors (Lipinski definition) is 1. The minimum atomic E-state index is -0.0675. The molecule has 0 amide bonds. The molecule has 0 heterocycles. The minimum Gasteiger partial charge on any atom is -0.371 e. The van der Waals surface area contributed by atoms with Gasteiger partial charge in [-0.25, -0.2) is 6.08 Å². The van der Waals surface area contributed by atoms with Crippen molar-refractivity contribution >= 4 is 0 Å². The van der Waals surface area contributed by atoms with Crippen molar-refractivity contribution < 1.29 is 23.6 Å². The van der Waals surface area contributed by atoms with Gasteiger partial charge in [-0.05, 0) is 27.2 Å². The maximum atomic E-state index is 6.12. The van der Waals surface area contributed by atoms with Crippen molar-refractivity contribution in [2.45, 2.75) is 71.5 Å². The Bertz CT molecular complexity index is 261. The minimum absolute atomic E-state index is 0.